The molecule has 3 aliphatic rings. The molecule has 0 unspecified atom stereocenters. The first-order valence-electron chi connectivity index (χ1n) is 24.6. The molecule has 2 aromatic heterocycles. The number of nitrogens with zero attached hydrogens (tertiary/aromatic N) is 2. The van der Waals surface area contributed by atoms with Gasteiger partial charge in [0.2, 0.25) is 29.5 Å². The molecule has 23 nitrogen and oxygen atoms in total. The lowest BCUT2D eigenvalue weighted by molar-refractivity contribution is -0.172. The van der Waals surface area contributed by atoms with Gasteiger partial charge in [0.1, 0.15) is 51.0 Å². The number of alkyl carbamates (subject to hydrolysis) is 1. The SMILES string of the molecule is CCC(=O)N[C@H](C(=O)N[C@@H](CCCNC(N)=O)C(=O)Nc1ccc(COC(=O)NCC(=O)NCOCC(=O)N[C@H]2CCc3c(C)c(F)cc4nc5c(c2c34)Cn2c-5cc3c(c2=O)COC(=O)[C@]3(O)CC)cc1)C(C)C. The number of amides is 8. The first-order valence-corrected chi connectivity index (χ1v) is 24.6. The van der Waals surface area contributed by atoms with Gasteiger partial charge < -0.3 is 66.8 Å². The van der Waals surface area contributed by atoms with E-state index in [0.29, 0.717) is 69.5 Å². The predicted octanol–water partition coefficient (Wildman–Crippen LogP) is 2.07. The number of aromatic nitrogens is 2. The Labute approximate surface area is 429 Å². The summed E-state index contributed by atoms with van der Waals surface area (Å²) in [5.74, 6) is -4.22. The number of hydrogen-bond donors (Lipinski definition) is 9. The largest absolute Gasteiger partial charge is 0.458 e. The van der Waals surface area contributed by atoms with Crippen LogP contribution in [0.5, 0.6) is 0 Å². The van der Waals surface area contributed by atoms with E-state index in [1.165, 1.54) is 10.6 Å². The number of aryl methyl sites for hydroxylation is 1. The number of benzene rings is 2. The van der Waals surface area contributed by atoms with E-state index in [1.807, 2.05) is 0 Å². The highest BCUT2D eigenvalue weighted by Crippen LogP contribution is 2.46. The van der Waals surface area contributed by atoms with Crippen molar-refractivity contribution >= 4 is 64.2 Å². The molecular weight excluding hydrogens is 980 g/mol. The Morgan fingerprint density at radius 3 is 2.40 bits per heavy atom. The lowest BCUT2D eigenvalue weighted by Gasteiger charge is -2.31. The van der Waals surface area contributed by atoms with Crippen LogP contribution < -0.4 is 48.5 Å². The number of pyridine rings is 2. The lowest BCUT2D eigenvalue weighted by Crippen LogP contribution is -2.54. The third kappa shape index (κ3) is 12.2. The Kier molecular flexibility index (Phi) is 17.1. The zero-order valence-corrected chi connectivity index (χ0v) is 42.2. The maximum atomic E-state index is 15.3. The smallest absolute Gasteiger partial charge is 0.407 e. The molecule has 0 saturated heterocycles. The van der Waals surface area contributed by atoms with Crippen LogP contribution in [-0.4, -0.2) is 101 Å². The molecule has 24 heteroatoms. The monoisotopic (exact) mass is 1040 g/mol. The summed E-state index contributed by atoms with van der Waals surface area (Å²) < 4.78 is 32.7. The fourth-order valence-corrected chi connectivity index (χ4v) is 9.40. The van der Waals surface area contributed by atoms with Crippen LogP contribution in [-0.2, 0) is 74.8 Å². The zero-order chi connectivity index (χ0) is 54.3. The van der Waals surface area contributed by atoms with Crippen LogP contribution in [0, 0.1) is 18.7 Å². The summed E-state index contributed by atoms with van der Waals surface area (Å²) in [5.41, 5.74) is 7.27. The van der Waals surface area contributed by atoms with E-state index < -0.39 is 90.0 Å². The number of hydrogen-bond acceptors (Lipinski definition) is 14. The van der Waals surface area contributed by atoms with Gasteiger partial charge >= 0.3 is 18.1 Å². The molecule has 1 aliphatic carbocycles. The third-order valence-corrected chi connectivity index (χ3v) is 13.5. The molecule has 10 N–H and O–H groups in total. The minimum atomic E-state index is -2.04. The molecule has 2 aromatic carbocycles. The molecule has 4 heterocycles. The van der Waals surface area contributed by atoms with Crippen LogP contribution in [0.3, 0.4) is 0 Å². The molecule has 0 spiro atoms. The highest BCUT2D eigenvalue weighted by molar-refractivity contribution is 5.99. The second-order valence-corrected chi connectivity index (χ2v) is 18.8. The fraction of sp³-hybridized carbons (Fsp3) is 0.451. The summed E-state index contributed by atoms with van der Waals surface area (Å²) in [6.07, 6.45) is 0.435. The van der Waals surface area contributed by atoms with E-state index in [4.69, 9.17) is 24.9 Å². The van der Waals surface area contributed by atoms with E-state index in [9.17, 15) is 48.3 Å². The van der Waals surface area contributed by atoms with Crippen molar-refractivity contribution in [3.8, 4) is 11.4 Å². The van der Waals surface area contributed by atoms with Gasteiger partial charge in [-0.15, -0.1) is 0 Å². The first kappa shape index (κ1) is 54.8. The van der Waals surface area contributed by atoms with E-state index in [1.54, 1.807) is 65.0 Å². The van der Waals surface area contributed by atoms with Crippen molar-refractivity contribution in [3.05, 3.63) is 91.5 Å². The van der Waals surface area contributed by atoms with Crippen molar-refractivity contribution in [1.29, 1.82) is 0 Å². The summed E-state index contributed by atoms with van der Waals surface area (Å²) in [5, 5.41) is 30.3. The predicted molar refractivity (Wildman–Crippen MR) is 266 cm³/mol. The van der Waals surface area contributed by atoms with Gasteiger partial charge in [0.05, 0.1) is 35.1 Å². The van der Waals surface area contributed by atoms with E-state index >= 15 is 4.39 Å². The molecule has 4 aromatic rings. The van der Waals surface area contributed by atoms with E-state index in [0.717, 1.165) is 5.56 Å². The molecule has 0 bridgehead atoms. The molecule has 0 saturated carbocycles. The second kappa shape index (κ2) is 23.5. The Morgan fingerprint density at radius 1 is 0.960 bits per heavy atom. The normalized spacial score (nSPS) is 16.8. The number of rotatable bonds is 21. The summed E-state index contributed by atoms with van der Waals surface area (Å²) in [7, 11) is 0. The number of halogens is 1. The third-order valence-electron chi connectivity index (χ3n) is 13.5. The van der Waals surface area contributed by atoms with Gasteiger partial charge in [-0.2, -0.15) is 0 Å². The number of carbonyl (C=O) groups is 8. The van der Waals surface area contributed by atoms with Crippen molar-refractivity contribution in [1.82, 2.24) is 41.5 Å². The quantitative estimate of drug-likeness (QED) is 0.0289. The number of nitrogens with one attached hydrogen (secondary N) is 7. The number of ether oxygens (including phenoxy) is 3. The average molecular weight is 1040 g/mol. The van der Waals surface area contributed by atoms with Gasteiger partial charge in [-0.3, -0.25) is 28.8 Å². The topological polar surface area (TPSA) is 330 Å². The van der Waals surface area contributed by atoms with Gasteiger partial charge in [0, 0.05) is 41.2 Å². The molecule has 0 radical (unpaired) electrons. The Bertz CT molecular complexity index is 3000. The second-order valence-electron chi connectivity index (χ2n) is 18.8. The van der Waals surface area contributed by atoms with Crippen molar-refractivity contribution < 1.29 is 62.1 Å². The summed E-state index contributed by atoms with van der Waals surface area (Å²) in [6.45, 7) is 6.81. The number of urea groups is 1. The van der Waals surface area contributed by atoms with Crippen LogP contribution in [0.4, 0.5) is 19.7 Å². The lowest BCUT2D eigenvalue weighted by atomic mass is 9.81. The number of aliphatic hydroxyl groups is 1. The van der Waals surface area contributed by atoms with Gasteiger partial charge in [-0.25, -0.2) is 23.8 Å². The number of esters is 1. The Balaban J connectivity index is 0.881. The highest BCUT2D eigenvalue weighted by Gasteiger charge is 2.46. The number of fused-ring (bicyclic) bond motifs is 5. The molecular formula is C51H61FN10O13. The molecule has 75 heavy (non-hydrogen) atoms. The van der Waals surface area contributed by atoms with Crippen LogP contribution >= 0.6 is 0 Å². The van der Waals surface area contributed by atoms with E-state index in [2.05, 4.69) is 37.2 Å². The maximum Gasteiger partial charge on any atom is 0.407 e. The molecule has 7 rings (SSSR count). The van der Waals surface area contributed by atoms with Crippen molar-refractivity contribution in [2.75, 3.05) is 31.7 Å². The standard InChI is InChI=1S/C51H61FN10O13/c1-6-38(63)61-43(25(3)4)46(67)60-35(9-8-16-54-49(53)70)45(66)57-28-12-10-27(11-13-28)21-75-50(71)55-19-39(64)56-24-73-23-40(65)58-34-15-14-29-26(5)33(52)18-36-41(29)42(34)30-20-62-37(44(30)59-36)17-32-31(47(62)68)22-74-48(69)51(32,72)7-2/h10-13,17-18,25,34-35,43,72H,6-9,14-16,19-24H2,1-5H3,(H,55,71)(H,56,64)(H,57,66)(H,58,65)(H,60,67)(H,61,63)(H3,53,54,70)/t34-,35-,43-,51-/m0/s1. The van der Waals surface area contributed by atoms with Gasteiger partial charge in [-0.05, 0) is 85.4 Å². The number of nitrogens with two attached hydrogens (primary N) is 1. The zero-order valence-electron chi connectivity index (χ0n) is 42.2. The number of primary amides is 1. The van der Waals surface area contributed by atoms with Crippen molar-refractivity contribution in [2.24, 2.45) is 11.7 Å². The van der Waals surface area contributed by atoms with Crippen LogP contribution in [0.1, 0.15) is 105 Å². The number of cyclic esters (lactones) is 1. The van der Waals surface area contributed by atoms with E-state index in [-0.39, 0.29) is 75.2 Å². The summed E-state index contributed by atoms with van der Waals surface area (Å²) in [6, 6.07) is 5.89. The summed E-state index contributed by atoms with van der Waals surface area (Å²) >= 11 is 0. The molecule has 400 valence electrons. The average Bonchev–Trinajstić information content (AvgIpc) is 3.75. The van der Waals surface area contributed by atoms with Crippen LogP contribution in [0.15, 0.2) is 41.2 Å². The Morgan fingerprint density at radius 2 is 1.71 bits per heavy atom. The highest BCUT2D eigenvalue weighted by atomic mass is 19.1. The number of carbonyl (C=O) groups excluding carboxylic acids is 8. The maximum absolute atomic E-state index is 15.3. The first-order chi connectivity index (χ1) is 35.7. The van der Waals surface area contributed by atoms with Crippen LogP contribution in [0.25, 0.3) is 22.3 Å². The fourth-order valence-electron chi connectivity index (χ4n) is 9.40. The molecule has 2 aliphatic heterocycles. The van der Waals surface area contributed by atoms with Crippen molar-refractivity contribution in [2.45, 2.75) is 117 Å². The minimum Gasteiger partial charge on any atom is -0.458 e. The van der Waals surface area contributed by atoms with Crippen LogP contribution in [0.2, 0.25) is 0 Å². The van der Waals surface area contributed by atoms with Gasteiger partial charge in [0.25, 0.3) is 5.56 Å². The Hall–Kier alpha value is -7.99. The van der Waals surface area contributed by atoms with Crippen molar-refractivity contribution in [3.63, 3.8) is 0 Å². The molecule has 4 atom stereocenters. The number of anilines is 1. The summed E-state index contributed by atoms with van der Waals surface area (Å²) in [4.78, 5) is 120. The van der Waals surface area contributed by atoms with Gasteiger partial charge in [-0.1, -0.05) is 39.8 Å². The molecule has 8 amide bonds. The minimum absolute atomic E-state index is 0.0445. The van der Waals surface area contributed by atoms with Gasteiger partial charge in [0.15, 0.2) is 5.60 Å². The molecule has 0 fully saturated rings.